The molecule has 0 aliphatic rings. The van der Waals surface area contributed by atoms with E-state index in [0.29, 0.717) is 12.0 Å². The van der Waals surface area contributed by atoms with Gasteiger partial charge in [0.25, 0.3) is 0 Å². The molecule has 1 aromatic rings. The molecule has 3 N–H and O–H groups in total. The summed E-state index contributed by atoms with van der Waals surface area (Å²) < 4.78 is 15.2. The van der Waals surface area contributed by atoms with Crippen LogP contribution in [-0.4, -0.2) is 40.6 Å². The molecule has 1 aromatic carbocycles. The highest BCUT2D eigenvalue weighted by atomic mass is 16.6. The minimum atomic E-state index is -1.73. The number of nitrogens with two attached hydrogens (primary N) is 1. The second-order valence-corrected chi connectivity index (χ2v) is 6.86. The summed E-state index contributed by atoms with van der Waals surface area (Å²) in [6.07, 6.45) is -0.105. The minimum absolute atomic E-state index is 0.0243. The first-order chi connectivity index (χ1) is 13.5. The lowest BCUT2D eigenvalue weighted by atomic mass is 9.86. The van der Waals surface area contributed by atoms with Gasteiger partial charge in [-0.2, -0.15) is 0 Å². The van der Waals surface area contributed by atoms with Crippen molar-refractivity contribution in [2.45, 2.75) is 65.0 Å². The molecule has 0 radical (unpaired) electrons. The van der Waals surface area contributed by atoms with Gasteiger partial charge in [0, 0.05) is 33.1 Å². The highest BCUT2D eigenvalue weighted by Gasteiger charge is 2.37. The van der Waals surface area contributed by atoms with Crippen molar-refractivity contribution < 1.29 is 38.5 Å². The van der Waals surface area contributed by atoms with Crippen LogP contribution in [0.25, 0.3) is 0 Å². The number of carboxylic acids is 1. The smallest absolute Gasteiger partial charge is 0.324 e. The van der Waals surface area contributed by atoms with Crippen LogP contribution in [0, 0.1) is 0 Å². The Morgan fingerprint density at radius 2 is 1.69 bits per heavy atom. The van der Waals surface area contributed by atoms with Gasteiger partial charge < -0.3 is 25.1 Å². The van der Waals surface area contributed by atoms with E-state index in [4.69, 9.17) is 19.9 Å². The fourth-order valence-electron chi connectivity index (χ4n) is 2.78. The molecular formula is C20H27NO8. The van der Waals surface area contributed by atoms with Crippen molar-refractivity contribution in [1.82, 2.24) is 0 Å². The van der Waals surface area contributed by atoms with Crippen LogP contribution in [0.1, 0.15) is 52.5 Å². The number of carbonyl (C=O) groups excluding carboxylic acids is 3. The molecule has 9 nitrogen and oxygen atoms in total. The van der Waals surface area contributed by atoms with E-state index >= 15 is 0 Å². The predicted molar refractivity (Wildman–Crippen MR) is 102 cm³/mol. The molecule has 160 valence electrons. The van der Waals surface area contributed by atoms with Gasteiger partial charge in [0.15, 0.2) is 11.5 Å². The SMILES string of the molecule is CCCC(=O)O[C@@H](C)CC(N)(Cc1ccc(OC(C)=O)c(OC(C)=O)c1)C(=O)O. The van der Waals surface area contributed by atoms with Crippen LogP contribution >= 0.6 is 0 Å². The van der Waals surface area contributed by atoms with Gasteiger partial charge in [-0.25, -0.2) is 0 Å². The fraction of sp³-hybridized carbons (Fsp3) is 0.500. The summed E-state index contributed by atoms with van der Waals surface area (Å²) in [6, 6.07) is 4.30. The van der Waals surface area contributed by atoms with Gasteiger partial charge in [-0.3, -0.25) is 19.2 Å². The maximum absolute atomic E-state index is 11.8. The molecule has 1 unspecified atom stereocenters. The highest BCUT2D eigenvalue weighted by molar-refractivity contribution is 5.79. The van der Waals surface area contributed by atoms with E-state index in [1.54, 1.807) is 6.92 Å². The Balaban J connectivity index is 3.07. The summed E-state index contributed by atoms with van der Waals surface area (Å²) in [6.45, 7) is 5.78. The van der Waals surface area contributed by atoms with Crippen LogP contribution in [-0.2, 0) is 30.3 Å². The average molecular weight is 409 g/mol. The summed E-state index contributed by atoms with van der Waals surface area (Å²) >= 11 is 0. The van der Waals surface area contributed by atoms with Crippen LogP contribution in [0.3, 0.4) is 0 Å². The lowest BCUT2D eigenvalue weighted by Gasteiger charge is -2.28. The quantitative estimate of drug-likeness (QED) is 0.438. The molecule has 2 atom stereocenters. The largest absolute Gasteiger partial charge is 0.480 e. The van der Waals surface area contributed by atoms with E-state index in [1.165, 1.54) is 32.0 Å². The van der Waals surface area contributed by atoms with Crippen LogP contribution in [0.5, 0.6) is 11.5 Å². The Bertz CT molecular complexity index is 776. The molecule has 0 spiro atoms. The second-order valence-electron chi connectivity index (χ2n) is 6.86. The highest BCUT2D eigenvalue weighted by Crippen LogP contribution is 2.31. The molecule has 1 rings (SSSR count). The molecule has 0 amide bonds. The van der Waals surface area contributed by atoms with E-state index in [0.717, 1.165) is 0 Å². The van der Waals surface area contributed by atoms with Crippen LogP contribution in [0.15, 0.2) is 18.2 Å². The van der Waals surface area contributed by atoms with Gasteiger partial charge in [0.1, 0.15) is 11.6 Å². The number of carbonyl (C=O) groups is 4. The number of benzene rings is 1. The Kier molecular flexibility index (Phi) is 8.78. The average Bonchev–Trinajstić information content (AvgIpc) is 2.56. The zero-order valence-corrected chi connectivity index (χ0v) is 17.0. The fourth-order valence-corrected chi connectivity index (χ4v) is 2.78. The molecular weight excluding hydrogens is 382 g/mol. The van der Waals surface area contributed by atoms with E-state index in [-0.39, 0.29) is 30.8 Å². The summed E-state index contributed by atoms with van der Waals surface area (Å²) in [5.41, 5.74) is 4.81. The van der Waals surface area contributed by atoms with Crippen LogP contribution < -0.4 is 15.2 Å². The normalized spacial score (nSPS) is 13.7. The molecule has 0 aliphatic heterocycles. The maximum Gasteiger partial charge on any atom is 0.324 e. The molecule has 0 bridgehead atoms. The summed E-state index contributed by atoms with van der Waals surface area (Å²) in [5.74, 6) is -2.93. The number of hydrogen-bond acceptors (Lipinski definition) is 8. The molecule has 29 heavy (non-hydrogen) atoms. The first-order valence-corrected chi connectivity index (χ1v) is 9.18. The number of carboxylic acid groups (broad SMARTS) is 1. The molecule has 0 saturated carbocycles. The summed E-state index contributed by atoms with van der Waals surface area (Å²) in [5, 5.41) is 9.65. The first-order valence-electron chi connectivity index (χ1n) is 9.18. The predicted octanol–water partition coefficient (Wildman–Crippen LogP) is 1.98. The third-order valence-electron chi connectivity index (χ3n) is 3.90. The molecule has 9 heteroatoms. The van der Waals surface area contributed by atoms with Crippen LogP contribution in [0.4, 0.5) is 0 Å². The number of ether oxygens (including phenoxy) is 3. The molecule has 0 fully saturated rings. The standard InChI is InChI=1S/C20H27NO8/c1-5-6-18(24)27-12(2)10-20(21,19(25)26)11-15-7-8-16(28-13(3)22)17(9-15)29-14(4)23/h7-9,12H,5-6,10-11,21H2,1-4H3,(H,25,26)/t12-,20?/m0/s1. The van der Waals surface area contributed by atoms with Crippen molar-refractivity contribution >= 4 is 23.9 Å². The van der Waals surface area contributed by atoms with Gasteiger partial charge in [0.2, 0.25) is 0 Å². The first kappa shape index (κ1) is 24.1. The summed E-state index contributed by atoms with van der Waals surface area (Å²) in [7, 11) is 0. The molecule has 0 aliphatic carbocycles. The number of hydrogen-bond donors (Lipinski definition) is 2. The van der Waals surface area contributed by atoms with Gasteiger partial charge >= 0.3 is 23.9 Å². The van der Waals surface area contributed by atoms with Gasteiger partial charge in [0.05, 0.1) is 0 Å². The second kappa shape index (κ2) is 10.6. The van der Waals surface area contributed by atoms with E-state index in [1.807, 2.05) is 6.92 Å². The molecule has 0 saturated heterocycles. The van der Waals surface area contributed by atoms with Crippen molar-refractivity contribution in [2.24, 2.45) is 5.73 Å². The topological polar surface area (TPSA) is 142 Å². The lowest BCUT2D eigenvalue weighted by Crippen LogP contribution is -2.52. The minimum Gasteiger partial charge on any atom is -0.480 e. The van der Waals surface area contributed by atoms with Crippen LogP contribution in [0.2, 0.25) is 0 Å². The Labute approximate surface area is 169 Å². The monoisotopic (exact) mass is 409 g/mol. The third-order valence-corrected chi connectivity index (χ3v) is 3.90. The van der Waals surface area contributed by atoms with Gasteiger partial charge in [-0.15, -0.1) is 0 Å². The third kappa shape index (κ3) is 7.90. The Morgan fingerprint density at radius 3 is 2.21 bits per heavy atom. The van der Waals surface area contributed by atoms with E-state index < -0.39 is 35.5 Å². The van der Waals surface area contributed by atoms with Crippen molar-refractivity contribution in [3.8, 4) is 11.5 Å². The number of esters is 3. The van der Waals surface area contributed by atoms with Gasteiger partial charge in [-0.05, 0) is 31.0 Å². The molecule has 0 aromatic heterocycles. The van der Waals surface area contributed by atoms with E-state index in [9.17, 15) is 24.3 Å². The van der Waals surface area contributed by atoms with E-state index in [2.05, 4.69) is 0 Å². The Hall–Kier alpha value is -2.94. The Morgan fingerprint density at radius 1 is 1.10 bits per heavy atom. The van der Waals surface area contributed by atoms with Crippen molar-refractivity contribution in [3.05, 3.63) is 23.8 Å². The number of rotatable bonds is 10. The zero-order valence-electron chi connectivity index (χ0n) is 17.0. The maximum atomic E-state index is 11.8. The van der Waals surface area contributed by atoms with Crippen molar-refractivity contribution in [2.75, 3.05) is 0 Å². The van der Waals surface area contributed by atoms with Gasteiger partial charge in [-0.1, -0.05) is 13.0 Å². The van der Waals surface area contributed by atoms with Crippen molar-refractivity contribution in [1.29, 1.82) is 0 Å². The summed E-state index contributed by atoms with van der Waals surface area (Å²) in [4.78, 5) is 46.0. The zero-order chi connectivity index (χ0) is 22.2. The van der Waals surface area contributed by atoms with Crippen molar-refractivity contribution in [3.63, 3.8) is 0 Å². The lowest BCUT2D eigenvalue weighted by molar-refractivity contribution is -0.153. The molecule has 0 heterocycles. The number of aliphatic carboxylic acids is 1.